The topological polar surface area (TPSA) is 151 Å². The van der Waals surface area contributed by atoms with Crippen LogP contribution in [0, 0.1) is 0 Å². The van der Waals surface area contributed by atoms with Crippen LogP contribution in [-0.4, -0.2) is 76.0 Å². The smallest absolute Gasteiger partial charge is 1.00 e. The van der Waals surface area contributed by atoms with E-state index in [0.717, 1.165) is 0 Å². The van der Waals surface area contributed by atoms with Crippen LogP contribution >= 0.6 is 23.5 Å². The second kappa shape index (κ2) is 10.4. The van der Waals surface area contributed by atoms with E-state index in [1.54, 1.807) is 37.4 Å². The van der Waals surface area contributed by atoms with Gasteiger partial charge in [0.1, 0.15) is 17.1 Å². The molecule has 1 aromatic carbocycles. The van der Waals surface area contributed by atoms with Crippen LogP contribution in [0.15, 0.2) is 46.8 Å². The fourth-order valence-corrected chi connectivity index (χ4v) is 5.64. The molecule has 3 N–H and O–H groups in total. The standard InChI is InChI=1S/C18H18N6O5S2.Na.H/c1-23-18(20-21-22-23)31-8-10-7-30-16-11(15(27)24(16)12(10)17(28)29)19-14(26)13(25)9-5-3-2-4-6-9;;/h2-6,11,13,16,25H,7-8H2,1H3,(H,19,26)(H,28,29);;/q;+1;-1/t11-,13-,16-;;/m1../s1. The Balaban J connectivity index is 0.00000193. The summed E-state index contributed by atoms with van der Waals surface area (Å²) < 4.78 is 1.48. The Morgan fingerprint density at radius 2 is 2.09 bits per heavy atom. The number of carbonyl (C=O) groups is 3. The summed E-state index contributed by atoms with van der Waals surface area (Å²) in [4.78, 5) is 38.2. The number of carboxylic acids is 1. The third-order valence-corrected chi connectivity index (χ3v) is 7.30. The molecule has 2 amide bonds. The molecule has 0 spiro atoms. The van der Waals surface area contributed by atoms with Crippen molar-refractivity contribution < 1.29 is 55.6 Å². The molecular weight excluding hydrogens is 467 g/mol. The molecule has 0 aliphatic carbocycles. The first kappa shape index (κ1) is 24.7. The van der Waals surface area contributed by atoms with Gasteiger partial charge in [-0.1, -0.05) is 42.1 Å². The van der Waals surface area contributed by atoms with E-state index >= 15 is 0 Å². The maximum atomic E-state index is 12.7. The monoisotopic (exact) mass is 486 g/mol. The third kappa shape index (κ3) is 4.72. The Labute approximate surface area is 214 Å². The maximum Gasteiger partial charge on any atom is 1.00 e. The molecule has 164 valence electrons. The number of benzene rings is 1. The van der Waals surface area contributed by atoms with Crippen molar-refractivity contribution in [3.05, 3.63) is 47.2 Å². The number of carbonyl (C=O) groups excluding carboxylic acids is 2. The number of nitrogens with zero attached hydrogens (tertiary/aromatic N) is 5. The molecule has 11 nitrogen and oxygen atoms in total. The number of aliphatic carboxylic acids is 1. The summed E-state index contributed by atoms with van der Waals surface area (Å²) in [5, 5.41) is 33.6. The van der Waals surface area contributed by atoms with Crippen molar-refractivity contribution in [2.75, 3.05) is 11.5 Å². The van der Waals surface area contributed by atoms with E-state index in [4.69, 9.17) is 0 Å². The molecular formula is C18H19N6NaO5S2. The summed E-state index contributed by atoms with van der Waals surface area (Å²) in [6.45, 7) is 0. The van der Waals surface area contributed by atoms with Crippen molar-refractivity contribution in [3.63, 3.8) is 0 Å². The minimum absolute atomic E-state index is 0. The number of rotatable bonds is 7. The molecule has 2 aromatic rings. The van der Waals surface area contributed by atoms with Crippen LogP contribution in [0.3, 0.4) is 0 Å². The zero-order valence-corrected chi connectivity index (χ0v) is 20.8. The van der Waals surface area contributed by atoms with E-state index in [-0.39, 0.29) is 36.7 Å². The first-order valence-electron chi connectivity index (χ1n) is 9.17. The summed E-state index contributed by atoms with van der Waals surface area (Å²) in [7, 11) is 1.68. The Hall–Kier alpha value is -1.90. The van der Waals surface area contributed by atoms with Gasteiger partial charge in [0, 0.05) is 18.6 Å². The molecule has 32 heavy (non-hydrogen) atoms. The molecule has 4 rings (SSSR count). The summed E-state index contributed by atoms with van der Waals surface area (Å²) in [6, 6.07) is 7.46. The quantitative estimate of drug-likeness (QED) is 0.208. The molecule has 0 saturated carbocycles. The van der Waals surface area contributed by atoms with Crippen molar-refractivity contribution >= 4 is 41.3 Å². The predicted octanol–water partition coefficient (Wildman–Crippen LogP) is -3.11. The summed E-state index contributed by atoms with van der Waals surface area (Å²) in [6.07, 6.45) is -1.42. The van der Waals surface area contributed by atoms with Crippen LogP contribution in [0.4, 0.5) is 0 Å². The number of nitrogens with one attached hydrogen (secondary N) is 1. The van der Waals surface area contributed by atoms with Gasteiger partial charge < -0.3 is 17.0 Å². The number of aliphatic hydroxyl groups excluding tert-OH is 1. The Morgan fingerprint density at radius 3 is 2.72 bits per heavy atom. The predicted molar refractivity (Wildman–Crippen MR) is 112 cm³/mol. The molecule has 0 bridgehead atoms. The van der Waals surface area contributed by atoms with E-state index in [9.17, 15) is 24.6 Å². The van der Waals surface area contributed by atoms with Crippen molar-refractivity contribution in [2.45, 2.75) is 22.7 Å². The summed E-state index contributed by atoms with van der Waals surface area (Å²) in [5.74, 6) is -1.75. The molecule has 2 aliphatic rings. The zero-order valence-electron chi connectivity index (χ0n) is 18.2. The number of aliphatic hydroxyl groups is 1. The van der Waals surface area contributed by atoms with Crippen LogP contribution in [-0.2, 0) is 21.4 Å². The Morgan fingerprint density at radius 1 is 1.38 bits per heavy atom. The average Bonchev–Trinajstić information content (AvgIpc) is 3.19. The molecule has 14 heteroatoms. The molecule has 1 aromatic heterocycles. The molecule has 1 saturated heterocycles. The number of hydrogen-bond donors (Lipinski definition) is 3. The minimum Gasteiger partial charge on any atom is -1.00 e. The van der Waals surface area contributed by atoms with Crippen LogP contribution in [0.2, 0.25) is 0 Å². The van der Waals surface area contributed by atoms with Crippen LogP contribution in [0.5, 0.6) is 0 Å². The van der Waals surface area contributed by atoms with Crippen molar-refractivity contribution in [1.29, 1.82) is 0 Å². The number of aryl methyl sites for hydroxylation is 1. The van der Waals surface area contributed by atoms with E-state index in [1.165, 1.54) is 33.1 Å². The number of tetrazole rings is 1. The number of hydrogen-bond acceptors (Lipinski definition) is 9. The average molecular weight is 487 g/mol. The number of carboxylic acid groups (broad SMARTS) is 1. The van der Waals surface area contributed by atoms with Gasteiger partial charge in [-0.3, -0.25) is 14.5 Å². The van der Waals surface area contributed by atoms with Gasteiger partial charge in [0.25, 0.3) is 11.8 Å². The molecule has 3 heterocycles. The van der Waals surface area contributed by atoms with E-state index < -0.39 is 35.3 Å². The van der Waals surface area contributed by atoms with Crippen molar-refractivity contribution in [2.24, 2.45) is 7.05 Å². The van der Waals surface area contributed by atoms with Gasteiger partial charge >= 0.3 is 35.5 Å². The van der Waals surface area contributed by atoms with E-state index in [0.29, 0.717) is 27.8 Å². The van der Waals surface area contributed by atoms with Gasteiger partial charge in [-0.15, -0.1) is 16.9 Å². The summed E-state index contributed by atoms with van der Waals surface area (Å²) >= 11 is 2.64. The van der Waals surface area contributed by atoms with E-state index in [2.05, 4.69) is 20.8 Å². The SMILES string of the molecule is Cn1nnnc1SCC1=C(C(=O)O)N2C(=O)[C@@H](NC(=O)[C@H](O)c3ccccc3)[C@H]2SC1.[H-].[Na+]. The van der Waals surface area contributed by atoms with Crippen molar-refractivity contribution in [1.82, 2.24) is 30.4 Å². The van der Waals surface area contributed by atoms with Crippen LogP contribution in [0.1, 0.15) is 13.1 Å². The third-order valence-electron chi connectivity index (χ3n) is 4.87. The number of amides is 2. The largest absolute Gasteiger partial charge is 1.00 e. The van der Waals surface area contributed by atoms with Crippen LogP contribution < -0.4 is 34.9 Å². The molecule has 3 atom stereocenters. The van der Waals surface area contributed by atoms with Gasteiger partial charge in [0.05, 0.1) is 0 Å². The van der Waals surface area contributed by atoms with Crippen LogP contribution in [0.25, 0.3) is 0 Å². The summed E-state index contributed by atoms with van der Waals surface area (Å²) in [5.41, 5.74) is 0.901. The first-order chi connectivity index (χ1) is 14.9. The second-order valence-electron chi connectivity index (χ2n) is 6.84. The molecule has 1 fully saturated rings. The minimum atomic E-state index is -1.42. The fourth-order valence-electron chi connectivity index (χ4n) is 3.31. The Kier molecular flexibility index (Phi) is 8.01. The molecule has 0 unspecified atom stereocenters. The van der Waals surface area contributed by atoms with E-state index in [1.807, 2.05) is 0 Å². The molecule has 0 radical (unpaired) electrons. The number of fused-ring (bicyclic) bond motifs is 1. The fraction of sp³-hybridized carbons (Fsp3) is 0.333. The Bertz CT molecular complexity index is 1070. The zero-order chi connectivity index (χ0) is 22.1. The maximum absolute atomic E-state index is 12.7. The van der Waals surface area contributed by atoms with Gasteiger partial charge in [-0.2, -0.15) is 0 Å². The molecule has 2 aliphatic heterocycles. The number of thioether (sulfide) groups is 2. The van der Waals surface area contributed by atoms with Crippen molar-refractivity contribution in [3.8, 4) is 0 Å². The van der Waals surface area contributed by atoms with Gasteiger partial charge in [-0.05, 0) is 21.6 Å². The first-order valence-corrected chi connectivity index (χ1v) is 11.2. The van der Waals surface area contributed by atoms with Gasteiger partial charge in [-0.25, -0.2) is 9.48 Å². The normalized spacial score (nSPS) is 20.7. The number of β-lactam (4-membered cyclic amide) rings is 1. The van der Waals surface area contributed by atoms with Gasteiger partial charge in [0.15, 0.2) is 6.10 Å². The number of aromatic nitrogens is 4. The van der Waals surface area contributed by atoms with Gasteiger partial charge in [0.2, 0.25) is 5.16 Å². The second-order valence-corrected chi connectivity index (χ2v) is 8.89.